The first-order valence-corrected chi connectivity index (χ1v) is 7.51. The van der Waals surface area contributed by atoms with Crippen LogP contribution in [-0.2, 0) is 5.54 Å². The maximum absolute atomic E-state index is 11.7. The molecule has 4 N–H and O–H groups in total. The molecule has 5 nitrogen and oxygen atoms in total. The van der Waals surface area contributed by atoms with Gasteiger partial charge in [0, 0.05) is 17.9 Å². The lowest BCUT2D eigenvalue weighted by Crippen LogP contribution is -2.29. The minimum Gasteiger partial charge on any atom is -0.395 e. The molecule has 1 atom stereocenters. The van der Waals surface area contributed by atoms with E-state index in [1.807, 2.05) is 12.1 Å². The van der Waals surface area contributed by atoms with Crippen LogP contribution >= 0.6 is 11.8 Å². The largest absolute Gasteiger partial charge is 0.395 e. The molecule has 1 aromatic rings. The Kier molecular flexibility index (Phi) is 4.67. The van der Waals surface area contributed by atoms with Gasteiger partial charge in [0.15, 0.2) is 5.17 Å². The van der Waals surface area contributed by atoms with Crippen molar-refractivity contribution in [3.63, 3.8) is 0 Å². The van der Waals surface area contributed by atoms with Gasteiger partial charge in [-0.25, -0.2) is 0 Å². The van der Waals surface area contributed by atoms with Gasteiger partial charge in [-0.3, -0.25) is 9.79 Å². The number of hydrogen-bond acceptors (Lipinski definition) is 5. The van der Waals surface area contributed by atoms with Crippen molar-refractivity contribution in [2.24, 2.45) is 10.7 Å². The van der Waals surface area contributed by atoms with E-state index in [0.29, 0.717) is 10.7 Å². The maximum Gasteiger partial charge on any atom is 0.251 e. The molecular formula is C14H19N3O2S. The summed E-state index contributed by atoms with van der Waals surface area (Å²) in [6, 6.07) is 7.39. The van der Waals surface area contributed by atoms with Gasteiger partial charge in [-0.05, 0) is 31.0 Å². The molecule has 1 unspecified atom stereocenters. The smallest absolute Gasteiger partial charge is 0.251 e. The summed E-state index contributed by atoms with van der Waals surface area (Å²) in [5.74, 6) is 0.767. The predicted octanol–water partition coefficient (Wildman–Crippen LogP) is 1.08. The van der Waals surface area contributed by atoms with Gasteiger partial charge >= 0.3 is 0 Å². The van der Waals surface area contributed by atoms with E-state index >= 15 is 0 Å². The number of rotatable bonds is 4. The molecule has 1 aromatic carbocycles. The Morgan fingerprint density at radius 2 is 2.20 bits per heavy atom. The van der Waals surface area contributed by atoms with Crippen LogP contribution in [0.4, 0.5) is 0 Å². The summed E-state index contributed by atoms with van der Waals surface area (Å²) < 4.78 is 0. The number of thioether (sulfide) groups is 1. The zero-order valence-corrected chi connectivity index (χ0v) is 12.2. The molecule has 1 aliphatic rings. The Balaban J connectivity index is 2.16. The van der Waals surface area contributed by atoms with Crippen LogP contribution in [0.1, 0.15) is 29.3 Å². The molecule has 108 valence electrons. The molecule has 0 saturated heterocycles. The number of amides is 1. The van der Waals surface area contributed by atoms with E-state index in [-0.39, 0.29) is 24.6 Å². The summed E-state index contributed by atoms with van der Waals surface area (Å²) in [6.45, 7) is 2.25. The van der Waals surface area contributed by atoms with Crippen LogP contribution in [0.25, 0.3) is 0 Å². The van der Waals surface area contributed by atoms with Crippen LogP contribution in [0.3, 0.4) is 0 Å². The van der Waals surface area contributed by atoms with Gasteiger partial charge in [0.05, 0.1) is 12.1 Å². The highest BCUT2D eigenvalue weighted by molar-refractivity contribution is 8.13. The number of nitrogens with one attached hydrogen (secondary N) is 1. The van der Waals surface area contributed by atoms with Gasteiger partial charge < -0.3 is 16.2 Å². The van der Waals surface area contributed by atoms with E-state index in [4.69, 9.17) is 10.8 Å². The Hall–Kier alpha value is -1.53. The zero-order valence-electron chi connectivity index (χ0n) is 11.4. The monoisotopic (exact) mass is 293 g/mol. The van der Waals surface area contributed by atoms with E-state index in [9.17, 15) is 4.79 Å². The third-order valence-electron chi connectivity index (χ3n) is 3.36. The summed E-state index contributed by atoms with van der Waals surface area (Å²) in [5.41, 5.74) is 7.13. The van der Waals surface area contributed by atoms with Crippen LogP contribution in [0.15, 0.2) is 29.3 Å². The number of nitrogens with zero attached hydrogens (tertiary/aromatic N) is 1. The summed E-state index contributed by atoms with van der Waals surface area (Å²) >= 11 is 1.57. The first-order chi connectivity index (χ1) is 9.55. The maximum atomic E-state index is 11.7. The Morgan fingerprint density at radius 3 is 2.80 bits per heavy atom. The minimum absolute atomic E-state index is 0.0620. The second-order valence-electron chi connectivity index (χ2n) is 4.88. The summed E-state index contributed by atoms with van der Waals surface area (Å²) in [6.07, 6.45) is 0.925. The van der Waals surface area contributed by atoms with Crippen LogP contribution in [0.5, 0.6) is 0 Å². The highest BCUT2D eigenvalue weighted by Gasteiger charge is 2.29. The molecule has 1 amide bonds. The van der Waals surface area contributed by atoms with Gasteiger partial charge in [0.25, 0.3) is 5.91 Å². The van der Waals surface area contributed by atoms with Gasteiger partial charge in [0.2, 0.25) is 0 Å². The van der Waals surface area contributed by atoms with Crippen molar-refractivity contribution in [1.82, 2.24) is 5.32 Å². The number of aliphatic hydroxyl groups excluding tert-OH is 1. The second-order valence-corrected chi connectivity index (χ2v) is 5.99. The fraction of sp³-hybridized carbons (Fsp3) is 0.429. The molecule has 0 fully saturated rings. The topological polar surface area (TPSA) is 87.7 Å². The minimum atomic E-state index is -0.310. The van der Waals surface area contributed by atoms with E-state index in [1.54, 1.807) is 23.9 Å². The van der Waals surface area contributed by atoms with Crippen LogP contribution in [0.2, 0.25) is 0 Å². The summed E-state index contributed by atoms with van der Waals surface area (Å²) in [7, 11) is 0. The Bertz CT molecular complexity index is 516. The van der Waals surface area contributed by atoms with Gasteiger partial charge in [0.1, 0.15) is 0 Å². The van der Waals surface area contributed by atoms with Gasteiger partial charge in [-0.15, -0.1) is 0 Å². The summed E-state index contributed by atoms with van der Waals surface area (Å²) in [4.78, 5) is 16.3. The van der Waals surface area contributed by atoms with Crippen LogP contribution in [-0.4, -0.2) is 35.1 Å². The fourth-order valence-corrected chi connectivity index (χ4v) is 3.12. The third kappa shape index (κ3) is 3.32. The highest BCUT2D eigenvalue weighted by Crippen LogP contribution is 2.34. The molecule has 0 radical (unpaired) electrons. The molecule has 20 heavy (non-hydrogen) atoms. The number of nitrogens with two attached hydrogens (primary N) is 1. The number of amidine groups is 1. The van der Waals surface area contributed by atoms with Crippen molar-refractivity contribution < 1.29 is 9.90 Å². The predicted molar refractivity (Wildman–Crippen MR) is 81.9 cm³/mol. The first-order valence-electron chi connectivity index (χ1n) is 6.53. The fourth-order valence-electron chi connectivity index (χ4n) is 2.15. The van der Waals surface area contributed by atoms with Crippen molar-refractivity contribution in [2.75, 3.05) is 18.9 Å². The summed E-state index contributed by atoms with van der Waals surface area (Å²) in [5, 5.41) is 11.9. The van der Waals surface area contributed by atoms with Crippen molar-refractivity contribution in [3.8, 4) is 0 Å². The SMILES string of the molecule is CC1(c2ccc(C(=O)NCCO)cc2)CCSC(N)=N1. The van der Waals surface area contributed by atoms with Gasteiger partial charge in [-0.2, -0.15) is 0 Å². The molecule has 0 aromatic heterocycles. The molecule has 1 aliphatic heterocycles. The van der Waals surface area contributed by atoms with E-state index in [0.717, 1.165) is 17.7 Å². The third-order valence-corrected chi connectivity index (χ3v) is 4.16. The molecule has 0 bridgehead atoms. The quantitative estimate of drug-likeness (QED) is 0.775. The van der Waals surface area contributed by atoms with Crippen molar-refractivity contribution in [2.45, 2.75) is 18.9 Å². The molecule has 0 aliphatic carbocycles. The Morgan fingerprint density at radius 1 is 1.50 bits per heavy atom. The number of hydrogen-bond donors (Lipinski definition) is 3. The molecule has 0 saturated carbocycles. The zero-order chi connectivity index (χ0) is 14.6. The van der Waals surface area contributed by atoms with Crippen LogP contribution < -0.4 is 11.1 Å². The van der Waals surface area contributed by atoms with E-state index in [1.165, 1.54) is 0 Å². The number of benzene rings is 1. The highest BCUT2D eigenvalue weighted by atomic mass is 32.2. The average molecular weight is 293 g/mol. The second kappa shape index (κ2) is 6.28. The first kappa shape index (κ1) is 14.9. The van der Waals surface area contributed by atoms with E-state index in [2.05, 4.69) is 17.2 Å². The van der Waals surface area contributed by atoms with Crippen molar-refractivity contribution in [1.29, 1.82) is 0 Å². The Labute approximate surface area is 122 Å². The van der Waals surface area contributed by atoms with Crippen molar-refractivity contribution in [3.05, 3.63) is 35.4 Å². The molecule has 0 spiro atoms. The number of carbonyl (C=O) groups is 1. The number of aliphatic imine (C=N–C) groups is 1. The number of aliphatic hydroxyl groups is 1. The number of carbonyl (C=O) groups excluding carboxylic acids is 1. The standard InChI is InChI=1S/C14H19N3O2S/c1-14(6-9-20-13(15)17-14)11-4-2-10(3-5-11)12(19)16-7-8-18/h2-5,18H,6-9H2,1H3,(H2,15,17)(H,16,19). The lowest BCUT2D eigenvalue weighted by atomic mass is 9.89. The molecule has 2 rings (SSSR count). The van der Waals surface area contributed by atoms with E-state index < -0.39 is 0 Å². The normalized spacial score (nSPS) is 22.2. The molecule has 6 heteroatoms. The average Bonchev–Trinajstić information content (AvgIpc) is 2.44. The lowest BCUT2D eigenvalue weighted by Gasteiger charge is -2.29. The molecular weight excluding hydrogens is 274 g/mol. The van der Waals surface area contributed by atoms with Crippen molar-refractivity contribution >= 4 is 22.8 Å². The van der Waals surface area contributed by atoms with Crippen LogP contribution in [0, 0.1) is 0 Å². The molecule has 1 heterocycles. The lowest BCUT2D eigenvalue weighted by molar-refractivity contribution is 0.0944. The van der Waals surface area contributed by atoms with Gasteiger partial charge in [-0.1, -0.05) is 23.9 Å².